The number of rotatable bonds is 7. The fraction of sp³-hybridized carbons (Fsp3) is 0.519. The van der Waals surface area contributed by atoms with Crippen LogP contribution in [0.25, 0.3) is 0 Å². The second kappa shape index (κ2) is 9.13. The summed E-state index contributed by atoms with van der Waals surface area (Å²) in [4.78, 5) is 13.2. The number of carbonyl (C=O) groups excluding carboxylic acids is 1. The Morgan fingerprint density at radius 3 is 2.00 bits per heavy atom. The van der Waals surface area contributed by atoms with Gasteiger partial charge in [0.15, 0.2) is 0 Å². The molecule has 2 N–H and O–H groups in total. The van der Waals surface area contributed by atoms with Crippen LogP contribution in [0.2, 0.25) is 0 Å². The lowest BCUT2D eigenvalue weighted by atomic mass is 9.84. The van der Waals surface area contributed by atoms with Crippen LogP contribution in [-0.4, -0.2) is 20.4 Å². The highest BCUT2D eigenvalue weighted by Crippen LogP contribution is 2.49. The van der Waals surface area contributed by atoms with Crippen LogP contribution >= 0.6 is 0 Å². The maximum atomic E-state index is 12.9. The van der Waals surface area contributed by atoms with E-state index in [1.54, 1.807) is 24.3 Å². The average molecular weight is 467 g/mol. The van der Waals surface area contributed by atoms with Gasteiger partial charge in [-0.05, 0) is 79.8 Å². The zero-order valence-corrected chi connectivity index (χ0v) is 20.0. The lowest BCUT2D eigenvalue weighted by Gasteiger charge is -2.22. The van der Waals surface area contributed by atoms with E-state index in [1.807, 2.05) is 24.3 Å². The molecule has 0 heterocycles. The Hall–Kier alpha value is -2.34. The first-order chi connectivity index (χ1) is 16.0. The molecule has 0 spiro atoms. The number of hydrogen-bond donors (Lipinski definition) is 2. The molecule has 0 bridgehead atoms. The summed E-state index contributed by atoms with van der Waals surface area (Å²) in [5, 5.41) is 3.23. The predicted molar refractivity (Wildman–Crippen MR) is 131 cm³/mol. The highest BCUT2D eigenvalue weighted by Gasteiger charge is 2.51. The number of sulfonamides is 1. The lowest BCUT2D eigenvalue weighted by Crippen LogP contribution is -2.40. The quantitative estimate of drug-likeness (QED) is 0.556. The minimum absolute atomic E-state index is 0.126. The lowest BCUT2D eigenvalue weighted by molar-refractivity contribution is -0.124. The van der Waals surface area contributed by atoms with E-state index >= 15 is 0 Å². The molecule has 0 saturated heterocycles. The van der Waals surface area contributed by atoms with Gasteiger partial charge in [0.1, 0.15) is 0 Å². The number of anilines is 1. The Morgan fingerprint density at radius 1 is 0.788 bits per heavy atom. The van der Waals surface area contributed by atoms with Crippen molar-refractivity contribution in [3.8, 4) is 0 Å². The summed E-state index contributed by atoms with van der Waals surface area (Å²) in [6.45, 7) is 0. The maximum Gasteiger partial charge on any atom is 0.261 e. The second-order valence-electron chi connectivity index (χ2n) is 10.1. The van der Waals surface area contributed by atoms with E-state index in [2.05, 4.69) is 10.0 Å². The molecule has 5 rings (SSSR count). The van der Waals surface area contributed by atoms with Crippen molar-refractivity contribution < 1.29 is 13.2 Å². The minimum Gasteiger partial charge on any atom is -0.353 e. The third-order valence-electron chi connectivity index (χ3n) is 7.83. The average Bonchev–Trinajstić information content (AvgIpc) is 3.50. The molecule has 33 heavy (non-hydrogen) atoms. The van der Waals surface area contributed by atoms with Crippen LogP contribution in [0.5, 0.6) is 0 Å². The van der Waals surface area contributed by atoms with Crippen molar-refractivity contribution in [2.75, 3.05) is 4.72 Å². The highest BCUT2D eigenvalue weighted by molar-refractivity contribution is 7.92. The number of nitrogens with one attached hydrogen (secondary N) is 2. The van der Waals surface area contributed by atoms with Gasteiger partial charge >= 0.3 is 0 Å². The molecule has 176 valence electrons. The number of hydrogen-bond acceptors (Lipinski definition) is 3. The van der Waals surface area contributed by atoms with E-state index < -0.39 is 15.4 Å². The van der Waals surface area contributed by atoms with Gasteiger partial charge in [0, 0.05) is 11.7 Å². The van der Waals surface area contributed by atoms with Gasteiger partial charge in [-0.2, -0.15) is 0 Å². The van der Waals surface area contributed by atoms with Crippen molar-refractivity contribution in [2.24, 2.45) is 0 Å². The first-order valence-corrected chi connectivity index (χ1v) is 14.0. The van der Waals surface area contributed by atoms with E-state index in [4.69, 9.17) is 0 Å². The largest absolute Gasteiger partial charge is 0.353 e. The molecule has 0 radical (unpaired) electrons. The van der Waals surface area contributed by atoms with Crippen LogP contribution < -0.4 is 10.0 Å². The summed E-state index contributed by atoms with van der Waals surface area (Å²) in [6, 6.07) is 15.0. The Labute approximate surface area is 197 Å². The van der Waals surface area contributed by atoms with Crippen LogP contribution in [0.15, 0.2) is 53.4 Å². The minimum atomic E-state index is -3.65. The smallest absolute Gasteiger partial charge is 0.261 e. The Kier molecular flexibility index (Phi) is 6.21. The van der Waals surface area contributed by atoms with E-state index in [-0.39, 0.29) is 10.8 Å². The molecule has 0 atom stereocenters. The molecule has 5 nitrogen and oxygen atoms in total. The van der Waals surface area contributed by atoms with E-state index in [9.17, 15) is 13.2 Å². The predicted octanol–water partition coefficient (Wildman–Crippen LogP) is 5.63. The number of amides is 1. The van der Waals surface area contributed by atoms with Gasteiger partial charge in [-0.15, -0.1) is 0 Å². The molecule has 0 aliphatic heterocycles. The third-order valence-corrected chi connectivity index (χ3v) is 9.23. The molecule has 1 amide bonds. The summed E-state index contributed by atoms with van der Waals surface area (Å²) >= 11 is 0. The van der Waals surface area contributed by atoms with Crippen molar-refractivity contribution in [3.63, 3.8) is 0 Å². The van der Waals surface area contributed by atoms with Crippen molar-refractivity contribution in [1.29, 1.82) is 0 Å². The van der Waals surface area contributed by atoms with Crippen molar-refractivity contribution in [3.05, 3.63) is 59.7 Å². The highest BCUT2D eigenvalue weighted by atomic mass is 32.2. The number of carbonyl (C=O) groups is 1. The Morgan fingerprint density at radius 2 is 1.39 bits per heavy atom. The summed E-state index contributed by atoms with van der Waals surface area (Å²) in [5.74, 6) is 0.678. The summed E-state index contributed by atoms with van der Waals surface area (Å²) in [5.41, 5.74) is 2.29. The van der Waals surface area contributed by atoms with Crippen LogP contribution in [0.4, 0.5) is 5.69 Å². The fourth-order valence-electron chi connectivity index (χ4n) is 5.59. The van der Waals surface area contributed by atoms with Crippen LogP contribution in [-0.2, 0) is 20.2 Å². The van der Waals surface area contributed by atoms with Crippen LogP contribution in [0, 0.1) is 0 Å². The Balaban J connectivity index is 1.24. The van der Waals surface area contributed by atoms with Crippen LogP contribution in [0.3, 0.4) is 0 Å². The van der Waals surface area contributed by atoms with Crippen LogP contribution in [0.1, 0.15) is 87.7 Å². The van der Waals surface area contributed by atoms with E-state index in [0.717, 1.165) is 31.2 Å². The molecule has 2 aromatic carbocycles. The topological polar surface area (TPSA) is 75.3 Å². The molecule has 2 aromatic rings. The van der Waals surface area contributed by atoms with Gasteiger partial charge in [0.05, 0.1) is 10.3 Å². The second-order valence-corrected chi connectivity index (χ2v) is 11.8. The van der Waals surface area contributed by atoms with Gasteiger partial charge in [0.2, 0.25) is 5.91 Å². The summed E-state index contributed by atoms with van der Waals surface area (Å²) in [6.07, 6.45) is 12.4. The first kappa shape index (κ1) is 22.5. The van der Waals surface area contributed by atoms with Gasteiger partial charge < -0.3 is 5.32 Å². The summed E-state index contributed by atoms with van der Waals surface area (Å²) in [7, 11) is -3.65. The zero-order chi connectivity index (χ0) is 22.9. The van der Waals surface area contributed by atoms with Gasteiger partial charge in [-0.1, -0.05) is 56.4 Å². The molecule has 0 unspecified atom stereocenters. The first-order valence-electron chi connectivity index (χ1n) is 12.5. The zero-order valence-electron chi connectivity index (χ0n) is 19.2. The van der Waals surface area contributed by atoms with E-state index in [0.29, 0.717) is 17.6 Å². The SMILES string of the molecule is O=C(NC1CCCC1)C1(c2ccc(NS(=O)(=O)c3ccc(C4CCCCC4)cc3)cc2)CC1. The van der Waals surface area contributed by atoms with Crippen molar-refractivity contribution in [2.45, 2.75) is 92.9 Å². The number of benzene rings is 2. The van der Waals surface area contributed by atoms with Gasteiger partial charge in [-0.3, -0.25) is 9.52 Å². The van der Waals surface area contributed by atoms with Crippen molar-refractivity contribution in [1.82, 2.24) is 5.32 Å². The van der Waals surface area contributed by atoms with Gasteiger partial charge in [-0.25, -0.2) is 8.42 Å². The van der Waals surface area contributed by atoms with Crippen molar-refractivity contribution >= 4 is 21.6 Å². The molecule has 3 saturated carbocycles. The normalized spacial score (nSPS) is 21.0. The monoisotopic (exact) mass is 466 g/mol. The summed E-state index contributed by atoms with van der Waals surface area (Å²) < 4.78 is 28.5. The molecule has 6 heteroatoms. The van der Waals surface area contributed by atoms with E-state index in [1.165, 1.54) is 50.5 Å². The standard InChI is InChI=1S/C27H34N2O3S/c30-26(28-23-8-4-5-9-23)27(18-19-27)22-12-14-24(15-13-22)29-33(31,32)25-16-10-21(11-17-25)20-6-2-1-3-7-20/h10-17,20,23,29H,1-9,18-19H2,(H,28,30). The maximum absolute atomic E-state index is 12.9. The molecule has 3 fully saturated rings. The fourth-order valence-corrected chi connectivity index (χ4v) is 6.65. The third kappa shape index (κ3) is 4.81. The van der Waals surface area contributed by atoms with Gasteiger partial charge in [0.25, 0.3) is 10.0 Å². The molecular formula is C27H34N2O3S. The Bertz CT molecular complexity index is 1080. The molecular weight excluding hydrogens is 432 g/mol. The molecule has 0 aromatic heterocycles. The molecule has 3 aliphatic carbocycles. The molecule has 3 aliphatic rings.